The molecule has 0 aromatic carbocycles. The second-order valence-corrected chi connectivity index (χ2v) is 5.51. The number of carbonyl (C=O) groups excluding carboxylic acids is 1. The lowest BCUT2D eigenvalue weighted by Gasteiger charge is -2.14. The van der Waals surface area contributed by atoms with Crippen LogP contribution in [0.25, 0.3) is 5.78 Å². The van der Waals surface area contributed by atoms with E-state index in [1.807, 2.05) is 0 Å². The summed E-state index contributed by atoms with van der Waals surface area (Å²) in [5, 5.41) is 6.19. The predicted octanol–water partition coefficient (Wildman–Crippen LogP) is 1.45. The van der Waals surface area contributed by atoms with Crippen molar-refractivity contribution in [3.8, 4) is 0 Å². The molecule has 1 N–H and O–H groups in total. The summed E-state index contributed by atoms with van der Waals surface area (Å²) < 4.78 is 44.2. The number of halogens is 3. The van der Waals surface area contributed by atoms with E-state index in [9.17, 15) is 18.0 Å². The van der Waals surface area contributed by atoms with Gasteiger partial charge in [0, 0.05) is 30.1 Å². The van der Waals surface area contributed by atoms with Gasteiger partial charge in [0.25, 0.3) is 11.6 Å². The molecule has 24 heavy (non-hydrogen) atoms. The highest BCUT2D eigenvalue weighted by atomic mass is 19.4. The van der Waals surface area contributed by atoms with E-state index < -0.39 is 12.0 Å². The Morgan fingerprint density at radius 2 is 2.00 bits per heavy atom. The number of nitrogens with zero attached hydrogens (tertiary/aromatic N) is 4. The van der Waals surface area contributed by atoms with Crippen LogP contribution in [-0.4, -0.2) is 45.2 Å². The van der Waals surface area contributed by atoms with Crippen molar-refractivity contribution in [2.24, 2.45) is 0 Å². The number of fused-ring (bicyclic) bond motifs is 1. The van der Waals surface area contributed by atoms with Crippen molar-refractivity contribution in [3.05, 3.63) is 22.8 Å². The number of ether oxygens (including phenoxy) is 1. The standard InChI is InChI=1S/C14H18F3N5O2/c1-7(6-24-4)18-11(23)5-10-8(2)19-13-20-12(14(15,16)17)21-22(13)9(10)3/h7H,5-6H2,1-4H3,(H,18,23). The number of methoxy groups -OCH3 is 1. The number of aromatic nitrogens is 4. The summed E-state index contributed by atoms with van der Waals surface area (Å²) in [7, 11) is 1.53. The lowest BCUT2D eigenvalue weighted by Crippen LogP contribution is -2.36. The first-order valence-corrected chi connectivity index (χ1v) is 7.21. The molecule has 10 heteroatoms. The quantitative estimate of drug-likeness (QED) is 0.887. The molecule has 132 valence electrons. The van der Waals surface area contributed by atoms with Gasteiger partial charge in [-0.1, -0.05) is 0 Å². The number of hydrogen-bond acceptors (Lipinski definition) is 5. The Kier molecular flexibility index (Phi) is 5.07. The van der Waals surface area contributed by atoms with Crippen LogP contribution in [0.2, 0.25) is 0 Å². The van der Waals surface area contributed by atoms with E-state index >= 15 is 0 Å². The van der Waals surface area contributed by atoms with Gasteiger partial charge in [0.2, 0.25) is 5.91 Å². The molecule has 2 heterocycles. The van der Waals surface area contributed by atoms with Gasteiger partial charge in [-0.15, -0.1) is 5.10 Å². The molecule has 0 bridgehead atoms. The van der Waals surface area contributed by atoms with Crippen LogP contribution in [0.15, 0.2) is 0 Å². The summed E-state index contributed by atoms with van der Waals surface area (Å²) in [6, 6.07) is -0.178. The van der Waals surface area contributed by atoms with E-state index in [0.29, 0.717) is 23.6 Å². The highest BCUT2D eigenvalue weighted by Gasteiger charge is 2.37. The van der Waals surface area contributed by atoms with Gasteiger partial charge >= 0.3 is 6.18 Å². The third kappa shape index (κ3) is 3.81. The molecule has 1 atom stereocenters. The molecule has 7 nitrogen and oxygen atoms in total. The number of aryl methyl sites for hydroxylation is 2. The van der Waals surface area contributed by atoms with Crippen LogP contribution in [-0.2, 0) is 22.1 Å². The molecule has 2 aromatic rings. The van der Waals surface area contributed by atoms with Crippen molar-refractivity contribution in [1.82, 2.24) is 24.9 Å². The molecule has 1 amide bonds. The Hall–Kier alpha value is -2.23. The molecular formula is C14H18F3N5O2. The number of nitrogens with one attached hydrogen (secondary N) is 1. The van der Waals surface area contributed by atoms with Gasteiger partial charge in [0.05, 0.1) is 13.0 Å². The minimum absolute atomic E-state index is 0.0180. The minimum atomic E-state index is -4.65. The Morgan fingerprint density at radius 3 is 2.58 bits per heavy atom. The second-order valence-electron chi connectivity index (χ2n) is 5.51. The molecule has 0 aliphatic rings. The first kappa shape index (κ1) is 18.1. The van der Waals surface area contributed by atoms with Crippen LogP contribution in [0.1, 0.15) is 29.7 Å². The summed E-state index contributed by atoms with van der Waals surface area (Å²) >= 11 is 0. The van der Waals surface area contributed by atoms with Crippen LogP contribution in [0, 0.1) is 13.8 Å². The molecule has 0 aliphatic heterocycles. The van der Waals surface area contributed by atoms with E-state index in [0.717, 1.165) is 4.52 Å². The maximum absolute atomic E-state index is 12.7. The maximum Gasteiger partial charge on any atom is 0.453 e. The van der Waals surface area contributed by atoms with E-state index in [1.54, 1.807) is 20.8 Å². The largest absolute Gasteiger partial charge is 0.453 e. The summed E-state index contributed by atoms with van der Waals surface area (Å²) in [6.07, 6.45) is -4.67. The topological polar surface area (TPSA) is 81.4 Å². The van der Waals surface area contributed by atoms with Gasteiger partial charge < -0.3 is 10.1 Å². The van der Waals surface area contributed by atoms with E-state index in [4.69, 9.17) is 4.74 Å². The Bertz CT molecular complexity index is 757. The van der Waals surface area contributed by atoms with Gasteiger partial charge in [0.15, 0.2) is 0 Å². The van der Waals surface area contributed by atoms with Crippen molar-refractivity contribution in [2.45, 2.75) is 39.4 Å². The van der Waals surface area contributed by atoms with Crippen molar-refractivity contribution >= 4 is 11.7 Å². The fourth-order valence-corrected chi connectivity index (χ4v) is 2.36. The highest BCUT2D eigenvalue weighted by molar-refractivity contribution is 5.79. The van der Waals surface area contributed by atoms with Crippen LogP contribution in [0.5, 0.6) is 0 Å². The lowest BCUT2D eigenvalue weighted by atomic mass is 10.1. The van der Waals surface area contributed by atoms with Crippen molar-refractivity contribution in [1.29, 1.82) is 0 Å². The van der Waals surface area contributed by atoms with Gasteiger partial charge in [-0.05, 0) is 20.8 Å². The summed E-state index contributed by atoms with van der Waals surface area (Å²) in [6.45, 7) is 5.35. The SMILES string of the molecule is COCC(C)NC(=O)Cc1c(C)nc2nc(C(F)(F)F)nn2c1C. The zero-order valence-corrected chi connectivity index (χ0v) is 13.7. The van der Waals surface area contributed by atoms with Gasteiger partial charge in [-0.3, -0.25) is 4.79 Å². The first-order valence-electron chi connectivity index (χ1n) is 7.21. The zero-order chi connectivity index (χ0) is 18.1. The molecule has 0 radical (unpaired) electrons. The Labute approximate surface area is 136 Å². The second kappa shape index (κ2) is 6.71. The average molecular weight is 345 g/mol. The van der Waals surface area contributed by atoms with Crippen molar-refractivity contribution in [3.63, 3.8) is 0 Å². The van der Waals surface area contributed by atoms with E-state index in [1.165, 1.54) is 7.11 Å². The number of alkyl halides is 3. The molecule has 0 aliphatic carbocycles. The maximum atomic E-state index is 12.7. The molecule has 0 saturated carbocycles. The molecular weight excluding hydrogens is 327 g/mol. The zero-order valence-electron chi connectivity index (χ0n) is 13.7. The normalized spacial score (nSPS) is 13.3. The monoisotopic (exact) mass is 345 g/mol. The fraction of sp³-hybridized carbons (Fsp3) is 0.571. The van der Waals surface area contributed by atoms with Gasteiger partial charge in [-0.25, -0.2) is 9.50 Å². The number of rotatable bonds is 5. The van der Waals surface area contributed by atoms with Crippen LogP contribution in [0.4, 0.5) is 13.2 Å². The average Bonchev–Trinajstić information content (AvgIpc) is 2.87. The smallest absolute Gasteiger partial charge is 0.383 e. The number of carbonyl (C=O) groups is 1. The number of amides is 1. The Morgan fingerprint density at radius 1 is 1.33 bits per heavy atom. The van der Waals surface area contributed by atoms with Crippen molar-refractivity contribution in [2.75, 3.05) is 13.7 Å². The molecule has 2 aromatic heterocycles. The summed E-state index contributed by atoms with van der Waals surface area (Å²) in [5.74, 6) is -1.68. The van der Waals surface area contributed by atoms with E-state index in [-0.39, 0.29) is 24.1 Å². The number of hydrogen-bond donors (Lipinski definition) is 1. The highest BCUT2D eigenvalue weighted by Crippen LogP contribution is 2.27. The molecule has 1 unspecified atom stereocenters. The summed E-state index contributed by atoms with van der Waals surface area (Å²) in [5.41, 5.74) is 1.36. The van der Waals surface area contributed by atoms with Gasteiger partial charge in [0.1, 0.15) is 0 Å². The predicted molar refractivity (Wildman–Crippen MR) is 78.4 cm³/mol. The van der Waals surface area contributed by atoms with Crippen LogP contribution >= 0.6 is 0 Å². The summed E-state index contributed by atoms with van der Waals surface area (Å²) in [4.78, 5) is 19.5. The third-order valence-electron chi connectivity index (χ3n) is 3.46. The molecule has 0 saturated heterocycles. The molecule has 0 fully saturated rings. The van der Waals surface area contributed by atoms with Crippen LogP contribution < -0.4 is 5.32 Å². The Balaban J connectivity index is 2.32. The van der Waals surface area contributed by atoms with Crippen molar-refractivity contribution < 1.29 is 22.7 Å². The fourth-order valence-electron chi connectivity index (χ4n) is 2.36. The minimum Gasteiger partial charge on any atom is -0.383 e. The van der Waals surface area contributed by atoms with Gasteiger partial charge in [-0.2, -0.15) is 18.2 Å². The first-order chi connectivity index (χ1) is 11.1. The third-order valence-corrected chi connectivity index (χ3v) is 3.46. The molecule has 0 spiro atoms. The van der Waals surface area contributed by atoms with Crippen LogP contribution in [0.3, 0.4) is 0 Å². The molecule has 2 rings (SSSR count). The van der Waals surface area contributed by atoms with E-state index in [2.05, 4.69) is 20.4 Å². The lowest BCUT2D eigenvalue weighted by molar-refractivity contribution is -0.144.